The Bertz CT molecular complexity index is 455. The standard InChI is InChI=1S/C18H28BrNO/c1-4-20-17(18(3)11-7-6-8-12-18)15-10-9-14(21-5-2)13-16(15)19/h9-10,13,17,20H,4-8,11-12H2,1-3H3. The molecule has 1 N–H and O–H groups in total. The zero-order chi connectivity index (χ0) is 15.3. The SMILES string of the molecule is CCNC(c1ccc(OCC)cc1Br)C1(C)CCCCC1. The Kier molecular flexibility index (Phi) is 6.12. The van der Waals surface area contributed by atoms with E-state index in [0.29, 0.717) is 18.1 Å². The molecule has 2 rings (SSSR count). The van der Waals surface area contributed by atoms with Gasteiger partial charge < -0.3 is 10.1 Å². The fraction of sp³-hybridized carbons (Fsp3) is 0.667. The Morgan fingerprint density at radius 3 is 2.52 bits per heavy atom. The molecule has 2 nitrogen and oxygen atoms in total. The van der Waals surface area contributed by atoms with E-state index in [-0.39, 0.29) is 0 Å². The van der Waals surface area contributed by atoms with E-state index in [1.165, 1.54) is 37.7 Å². The number of hydrogen-bond donors (Lipinski definition) is 1. The summed E-state index contributed by atoms with van der Waals surface area (Å²) in [6.45, 7) is 8.37. The lowest BCUT2D eigenvalue weighted by Crippen LogP contribution is -2.38. The van der Waals surface area contributed by atoms with Gasteiger partial charge in [-0.15, -0.1) is 0 Å². The third-order valence-electron chi connectivity index (χ3n) is 4.69. The van der Waals surface area contributed by atoms with Crippen molar-refractivity contribution in [2.75, 3.05) is 13.2 Å². The average Bonchev–Trinajstić information content (AvgIpc) is 2.47. The fourth-order valence-electron chi connectivity index (χ4n) is 3.58. The van der Waals surface area contributed by atoms with Crippen LogP contribution >= 0.6 is 15.9 Å². The third kappa shape index (κ3) is 4.01. The van der Waals surface area contributed by atoms with Crippen LogP contribution in [0.1, 0.15) is 64.5 Å². The molecule has 0 radical (unpaired) electrons. The second-order valence-corrected chi connectivity index (χ2v) is 7.18. The van der Waals surface area contributed by atoms with Crippen molar-refractivity contribution in [3.05, 3.63) is 28.2 Å². The van der Waals surface area contributed by atoms with E-state index in [2.05, 4.69) is 53.3 Å². The molecule has 118 valence electrons. The zero-order valence-electron chi connectivity index (χ0n) is 13.5. The molecule has 0 aromatic heterocycles. The van der Waals surface area contributed by atoms with Crippen LogP contribution in [0.4, 0.5) is 0 Å². The molecule has 0 amide bonds. The number of hydrogen-bond acceptors (Lipinski definition) is 2. The lowest BCUT2D eigenvalue weighted by Gasteiger charge is -2.42. The predicted octanol–water partition coefficient (Wildman–Crippen LogP) is 5.47. The molecule has 1 aliphatic carbocycles. The quantitative estimate of drug-likeness (QED) is 0.731. The predicted molar refractivity (Wildman–Crippen MR) is 92.9 cm³/mol. The van der Waals surface area contributed by atoms with Gasteiger partial charge in [0.25, 0.3) is 0 Å². The number of halogens is 1. The number of benzene rings is 1. The normalized spacial score (nSPS) is 19.2. The van der Waals surface area contributed by atoms with Gasteiger partial charge in [-0.3, -0.25) is 0 Å². The van der Waals surface area contributed by atoms with Gasteiger partial charge in [-0.2, -0.15) is 0 Å². The molecule has 0 heterocycles. The van der Waals surface area contributed by atoms with Crippen molar-refractivity contribution in [3.63, 3.8) is 0 Å². The minimum absolute atomic E-state index is 0.351. The molecule has 21 heavy (non-hydrogen) atoms. The summed E-state index contributed by atoms with van der Waals surface area (Å²) >= 11 is 3.76. The zero-order valence-corrected chi connectivity index (χ0v) is 15.1. The second-order valence-electron chi connectivity index (χ2n) is 6.32. The van der Waals surface area contributed by atoms with Crippen molar-refractivity contribution in [3.8, 4) is 5.75 Å². The monoisotopic (exact) mass is 353 g/mol. The topological polar surface area (TPSA) is 21.3 Å². The maximum Gasteiger partial charge on any atom is 0.120 e. The first kappa shape index (κ1) is 16.8. The minimum atomic E-state index is 0.351. The van der Waals surface area contributed by atoms with Gasteiger partial charge in [-0.05, 0) is 49.4 Å². The van der Waals surface area contributed by atoms with Crippen molar-refractivity contribution in [1.82, 2.24) is 5.32 Å². The van der Waals surface area contributed by atoms with Gasteiger partial charge in [-0.1, -0.05) is 55.1 Å². The number of ether oxygens (including phenoxy) is 1. The summed E-state index contributed by atoms with van der Waals surface area (Å²) in [5, 5.41) is 3.73. The summed E-state index contributed by atoms with van der Waals surface area (Å²) in [5.41, 5.74) is 1.72. The molecule has 3 heteroatoms. The van der Waals surface area contributed by atoms with Gasteiger partial charge in [0.1, 0.15) is 5.75 Å². The van der Waals surface area contributed by atoms with Gasteiger partial charge >= 0.3 is 0 Å². The van der Waals surface area contributed by atoms with Crippen LogP contribution < -0.4 is 10.1 Å². The lowest BCUT2D eigenvalue weighted by atomic mass is 9.68. The number of nitrogens with one attached hydrogen (secondary N) is 1. The van der Waals surface area contributed by atoms with Gasteiger partial charge in [0.2, 0.25) is 0 Å². The Morgan fingerprint density at radius 1 is 1.24 bits per heavy atom. The van der Waals surface area contributed by atoms with Gasteiger partial charge in [-0.25, -0.2) is 0 Å². The second kappa shape index (κ2) is 7.64. The maximum atomic E-state index is 5.60. The van der Waals surface area contributed by atoms with Crippen molar-refractivity contribution in [2.24, 2.45) is 5.41 Å². The van der Waals surface area contributed by atoms with Crippen molar-refractivity contribution in [2.45, 2.75) is 58.9 Å². The first-order valence-corrected chi connectivity index (χ1v) is 9.05. The van der Waals surface area contributed by atoms with E-state index < -0.39 is 0 Å². The highest BCUT2D eigenvalue weighted by Crippen LogP contribution is 2.47. The molecular weight excluding hydrogens is 326 g/mol. The van der Waals surface area contributed by atoms with Gasteiger partial charge in [0, 0.05) is 10.5 Å². The molecule has 0 bridgehead atoms. The van der Waals surface area contributed by atoms with Crippen LogP contribution in [-0.4, -0.2) is 13.2 Å². The lowest BCUT2D eigenvalue weighted by molar-refractivity contribution is 0.145. The van der Waals surface area contributed by atoms with Crippen LogP contribution in [0.5, 0.6) is 5.75 Å². The summed E-state index contributed by atoms with van der Waals surface area (Å²) in [5.74, 6) is 0.942. The molecule has 1 aliphatic rings. The highest BCUT2D eigenvalue weighted by molar-refractivity contribution is 9.10. The molecule has 1 atom stereocenters. The molecule has 1 aromatic carbocycles. The Hall–Kier alpha value is -0.540. The maximum absolute atomic E-state index is 5.60. The smallest absolute Gasteiger partial charge is 0.120 e. The van der Waals surface area contributed by atoms with E-state index in [0.717, 1.165) is 16.8 Å². The van der Waals surface area contributed by atoms with Crippen LogP contribution in [-0.2, 0) is 0 Å². The average molecular weight is 354 g/mol. The van der Waals surface area contributed by atoms with Gasteiger partial charge in [0.15, 0.2) is 0 Å². The van der Waals surface area contributed by atoms with Crippen LogP contribution in [0.25, 0.3) is 0 Å². The van der Waals surface area contributed by atoms with Crippen molar-refractivity contribution >= 4 is 15.9 Å². The summed E-state index contributed by atoms with van der Waals surface area (Å²) < 4.78 is 6.76. The largest absolute Gasteiger partial charge is 0.494 e. The van der Waals surface area contributed by atoms with Crippen molar-refractivity contribution < 1.29 is 4.74 Å². The molecule has 0 saturated heterocycles. The van der Waals surface area contributed by atoms with Crippen LogP contribution in [0.3, 0.4) is 0 Å². The minimum Gasteiger partial charge on any atom is -0.494 e. The number of rotatable bonds is 6. The molecule has 1 saturated carbocycles. The van der Waals surface area contributed by atoms with Crippen molar-refractivity contribution in [1.29, 1.82) is 0 Å². The molecule has 0 aliphatic heterocycles. The molecule has 1 unspecified atom stereocenters. The van der Waals surface area contributed by atoms with E-state index in [1.807, 2.05) is 6.92 Å². The van der Waals surface area contributed by atoms with E-state index in [4.69, 9.17) is 4.74 Å². The van der Waals surface area contributed by atoms with E-state index in [1.54, 1.807) is 0 Å². The Morgan fingerprint density at radius 2 is 1.95 bits per heavy atom. The Labute approximate surface area is 137 Å². The van der Waals surface area contributed by atoms with E-state index in [9.17, 15) is 0 Å². The highest BCUT2D eigenvalue weighted by atomic mass is 79.9. The molecule has 1 fully saturated rings. The summed E-state index contributed by atoms with van der Waals surface area (Å²) in [6.07, 6.45) is 6.72. The van der Waals surface area contributed by atoms with Crippen LogP contribution in [0.15, 0.2) is 22.7 Å². The highest BCUT2D eigenvalue weighted by Gasteiger charge is 2.36. The summed E-state index contributed by atoms with van der Waals surface area (Å²) in [6, 6.07) is 6.84. The van der Waals surface area contributed by atoms with E-state index >= 15 is 0 Å². The summed E-state index contributed by atoms with van der Waals surface area (Å²) in [7, 11) is 0. The summed E-state index contributed by atoms with van der Waals surface area (Å²) in [4.78, 5) is 0. The molecular formula is C18H28BrNO. The molecule has 1 aromatic rings. The first-order chi connectivity index (χ1) is 10.1. The van der Waals surface area contributed by atoms with Crippen LogP contribution in [0, 0.1) is 5.41 Å². The molecule has 0 spiro atoms. The Balaban J connectivity index is 2.29. The fourth-order valence-corrected chi connectivity index (χ4v) is 4.17. The first-order valence-electron chi connectivity index (χ1n) is 8.26. The van der Waals surface area contributed by atoms with Crippen LogP contribution in [0.2, 0.25) is 0 Å². The third-order valence-corrected chi connectivity index (χ3v) is 5.38. The van der Waals surface area contributed by atoms with Gasteiger partial charge in [0.05, 0.1) is 6.61 Å².